The van der Waals surface area contributed by atoms with Crippen LogP contribution in [0.2, 0.25) is 0 Å². The van der Waals surface area contributed by atoms with Gasteiger partial charge >= 0.3 is 0 Å². The van der Waals surface area contributed by atoms with Gasteiger partial charge in [-0.15, -0.1) is 0 Å². The lowest BCUT2D eigenvalue weighted by Gasteiger charge is -2.40. The molecule has 0 radical (unpaired) electrons. The standard InChI is InChI=1S/C55H60N2O/c1-36-14-12-18-44-52(36)42-29-27-40(34-45(42)55(44)32-10-11-33-55)56(48-19-13-21-50-53(48)43-17-6-7-20-49(43)58-50)41-28-30-47-46(35-41)54(2)31-9-8-22-51(54)57(47)39-25-23-38(24-26-39)37-15-4-3-5-16-37/h3-6,8,13,15-17,19,21-27,34-36,42-44,49,51-52H,7,9-12,14,18,20,28-33H2,1-2H3. The van der Waals surface area contributed by atoms with Crippen molar-refractivity contribution in [3.8, 4) is 16.9 Å². The Balaban J connectivity index is 0.999. The lowest BCUT2D eigenvalue weighted by atomic mass is 9.64. The largest absolute Gasteiger partial charge is 0.489 e. The molecule has 0 amide bonds. The van der Waals surface area contributed by atoms with E-state index < -0.39 is 0 Å². The summed E-state index contributed by atoms with van der Waals surface area (Å²) >= 11 is 0. The second-order valence-corrected chi connectivity index (χ2v) is 19.8. The molecule has 3 saturated carbocycles. The Morgan fingerprint density at radius 2 is 1.60 bits per heavy atom. The molecule has 1 spiro atoms. The van der Waals surface area contributed by atoms with Gasteiger partial charge in [0.25, 0.3) is 0 Å². The maximum Gasteiger partial charge on any atom is 0.125 e. The van der Waals surface area contributed by atoms with E-state index >= 15 is 0 Å². The molecule has 3 nitrogen and oxygen atoms in total. The van der Waals surface area contributed by atoms with Gasteiger partial charge in [0, 0.05) is 39.7 Å². The normalized spacial score (nSPS) is 33.7. The fourth-order valence-corrected chi connectivity index (χ4v) is 14.6. The molecule has 3 aromatic carbocycles. The van der Waals surface area contributed by atoms with E-state index in [-0.39, 0.29) is 11.5 Å². The second kappa shape index (κ2) is 13.5. The molecular weight excluding hydrogens is 705 g/mol. The molecule has 2 heterocycles. The molecule has 0 bridgehead atoms. The molecule has 0 N–H and O–H groups in total. The van der Waals surface area contributed by atoms with Crippen molar-refractivity contribution in [2.75, 3.05) is 9.80 Å². The summed E-state index contributed by atoms with van der Waals surface area (Å²) in [5, 5.41) is 0. The van der Waals surface area contributed by atoms with E-state index in [0.29, 0.717) is 17.4 Å². The number of anilines is 2. The van der Waals surface area contributed by atoms with Crippen LogP contribution in [-0.4, -0.2) is 12.1 Å². The molecule has 0 aromatic heterocycles. The summed E-state index contributed by atoms with van der Waals surface area (Å²) in [6.45, 7) is 5.17. The first-order chi connectivity index (χ1) is 28.5. The molecule has 8 atom stereocenters. The fourth-order valence-electron chi connectivity index (χ4n) is 14.6. The monoisotopic (exact) mass is 764 g/mol. The first-order valence-electron chi connectivity index (χ1n) is 23.3. The van der Waals surface area contributed by atoms with Gasteiger partial charge in [0.15, 0.2) is 0 Å². The number of benzene rings is 3. The van der Waals surface area contributed by atoms with Crippen LogP contribution in [-0.2, 0) is 0 Å². The number of hydrogen-bond donors (Lipinski definition) is 0. The average Bonchev–Trinajstić information content (AvgIpc) is 4.03. The van der Waals surface area contributed by atoms with Crippen molar-refractivity contribution in [2.45, 2.75) is 122 Å². The van der Waals surface area contributed by atoms with Crippen molar-refractivity contribution in [2.24, 2.45) is 34.5 Å². The Labute approximate surface area is 346 Å². The van der Waals surface area contributed by atoms with Gasteiger partial charge in [-0.05, 0) is 146 Å². The van der Waals surface area contributed by atoms with Gasteiger partial charge < -0.3 is 14.5 Å². The van der Waals surface area contributed by atoms with Crippen molar-refractivity contribution >= 4 is 11.4 Å². The molecule has 3 heteroatoms. The third-order valence-corrected chi connectivity index (χ3v) is 17.1. The number of fused-ring (bicyclic) bond motifs is 10. The van der Waals surface area contributed by atoms with Crippen molar-refractivity contribution in [1.82, 2.24) is 0 Å². The summed E-state index contributed by atoms with van der Waals surface area (Å²) in [5.74, 6) is 4.71. The van der Waals surface area contributed by atoms with Crippen LogP contribution in [0.15, 0.2) is 144 Å². The van der Waals surface area contributed by atoms with Crippen LogP contribution in [0.1, 0.15) is 115 Å². The van der Waals surface area contributed by atoms with E-state index in [4.69, 9.17) is 4.74 Å². The maximum absolute atomic E-state index is 6.80. The van der Waals surface area contributed by atoms with Crippen LogP contribution in [0, 0.1) is 34.5 Å². The van der Waals surface area contributed by atoms with E-state index in [1.807, 2.05) is 5.57 Å². The van der Waals surface area contributed by atoms with E-state index in [1.165, 1.54) is 103 Å². The molecule has 58 heavy (non-hydrogen) atoms. The van der Waals surface area contributed by atoms with Crippen LogP contribution < -0.4 is 14.5 Å². The molecule has 0 saturated heterocycles. The highest BCUT2D eigenvalue weighted by molar-refractivity contribution is 5.75. The SMILES string of the molecule is CC1CCCC2C1C1CC=C(N(C3=CC4=C(CC3)N(c3ccc(-c5ccccc5)cc3)C3C=CCCC43C)c3cccc4c3C3C=CCCC3O4)C=C1C21CCCC1. The van der Waals surface area contributed by atoms with E-state index in [0.717, 1.165) is 61.5 Å². The molecule has 9 aliphatic rings. The van der Waals surface area contributed by atoms with Crippen LogP contribution in [0.25, 0.3) is 11.1 Å². The number of ether oxygens (including phenoxy) is 1. The number of nitrogens with zero attached hydrogens (tertiary/aromatic N) is 2. The Bertz CT molecular complexity index is 2320. The molecule has 3 aromatic rings. The minimum atomic E-state index is 0.0498. The summed E-state index contributed by atoms with van der Waals surface area (Å²) in [6.07, 6.45) is 36.0. The lowest BCUT2D eigenvalue weighted by Crippen LogP contribution is -2.40. The molecule has 2 aliphatic heterocycles. The van der Waals surface area contributed by atoms with Gasteiger partial charge in [-0.2, -0.15) is 0 Å². The first-order valence-corrected chi connectivity index (χ1v) is 23.3. The number of hydrogen-bond acceptors (Lipinski definition) is 3. The van der Waals surface area contributed by atoms with Crippen molar-refractivity contribution in [3.05, 3.63) is 149 Å². The van der Waals surface area contributed by atoms with Crippen molar-refractivity contribution in [3.63, 3.8) is 0 Å². The molecule has 12 rings (SSSR count). The topological polar surface area (TPSA) is 15.7 Å². The zero-order valence-electron chi connectivity index (χ0n) is 34.7. The summed E-state index contributed by atoms with van der Waals surface area (Å²) in [7, 11) is 0. The summed E-state index contributed by atoms with van der Waals surface area (Å²) in [6, 6.07) is 27.5. The zero-order valence-corrected chi connectivity index (χ0v) is 34.7. The van der Waals surface area contributed by atoms with Crippen LogP contribution >= 0.6 is 0 Å². The highest BCUT2D eigenvalue weighted by atomic mass is 16.5. The third kappa shape index (κ3) is 5.16. The van der Waals surface area contributed by atoms with Gasteiger partial charge in [0.2, 0.25) is 0 Å². The summed E-state index contributed by atoms with van der Waals surface area (Å²) in [5.41, 5.74) is 15.0. The summed E-state index contributed by atoms with van der Waals surface area (Å²) in [4.78, 5) is 5.50. The summed E-state index contributed by atoms with van der Waals surface area (Å²) < 4.78 is 6.80. The Morgan fingerprint density at radius 1 is 0.776 bits per heavy atom. The molecule has 8 unspecified atom stereocenters. The molecular formula is C55H60N2O. The van der Waals surface area contributed by atoms with Crippen LogP contribution in [0.3, 0.4) is 0 Å². The predicted molar refractivity (Wildman–Crippen MR) is 239 cm³/mol. The minimum absolute atomic E-state index is 0.0498. The highest BCUT2D eigenvalue weighted by Gasteiger charge is 2.59. The lowest BCUT2D eigenvalue weighted by molar-refractivity contribution is 0.0956. The van der Waals surface area contributed by atoms with Gasteiger partial charge in [-0.1, -0.05) is 124 Å². The number of allylic oxidation sites excluding steroid dienone is 8. The van der Waals surface area contributed by atoms with Crippen molar-refractivity contribution < 1.29 is 4.74 Å². The van der Waals surface area contributed by atoms with Crippen LogP contribution in [0.4, 0.5) is 11.4 Å². The minimum Gasteiger partial charge on any atom is -0.489 e. The van der Waals surface area contributed by atoms with Crippen molar-refractivity contribution in [1.29, 1.82) is 0 Å². The molecule has 296 valence electrons. The Hall–Kier alpha value is -4.50. The highest BCUT2D eigenvalue weighted by Crippen LogP contribution is 2.68. The number of rotatable bonds is 5. The first kappa shape index (κ1) is 35.4. The van der Waals surface area contributed by atoms with E-state index in [2.05, 4.69) is 139 Å². The van der Waals surface area contributed by atoms with Gasteiger partial charge in [-0.25, -0.2) is 0 Å². The van der Waals surface area contributed by atoms with Gasteiger partial charge in [-0.3, -0.25) is 0 Å². The maximum atomic E-state index is 6.80. The molecule has 7 aliphatic carbocycles. The van der Waals surface area contributed by atoms with Crippen LogP contribution in [0.5, 0.6) is 5.75 Å². The predicted octanol–water partition coefficient (Wildman–Crippen LogP) is 14.0. The van der Waals surface area contributed by atoms with E-state index in [9.17, 15) is 0 Å². The zero-order chi connectivity index (χ0) is 38.6. The average molecular weight is 765 g/mol. The third-order valence-electron chi connectivity index (χ3n) is 17.1. The quantitative estimate of drug-likeness (QED) is 0.241. The smallest absolute Gasteiger partial charge is 0.125 e. The molecule has 3 fully saturated rings. The Kier molecular flexibility index (Phi) is 8.26. The van der Waals surface area contributed by atoms with Gasteiger partial charge in [0.1, 0.15) is 11.9 Å². The Morgan fingerprint density at radius 3 is 2.47 bits per heavy atom. The fraction of sp³-hybridized carbons (Fsp3) is 0.455. The van der Waals surface area contributed by atoms with E-state index in [1.54, 1.807) is 5.57 Å². The second-order valence-electron chi connectivity index (χ2n) is 19.8. The van der Waals surface area contributed by atoms with Gasteiger partial charge in [0.05, 0.1) is 11.7 Å².